The number of hydrogen-bond acceptors (Lipinski definition) is 3. The summed E-state index contributed by atoms with van der Waals surface area (Å²) in [5.41, 5.74) is 3.10. The average Bonchev–Trinajstić information content (AvgIpc) is 2.65. The first-order chi connectivity index (χ1) is 14.1. The molecule has 0 saturated heterocycles. The molecule has 0 spiro atoms. The predicted molar refractivity (Wildman–Crippen MR) is 127 cm³/mol. The van der Waals surface area contributed by atoms with E-state index in [1.165, 1.54) is 5.39 Å². The lowest BCUT2D eigenvalue weighted by atomic mass is 9.99. The normalized spacial score (nSPS) is 13.9. The Balaban J connectivity index is 1.92. The number of fused-ring (bicyclic) bond motifs is 1. The zero-order chi connectivity index (χ0) is 22.1. The molecule has 30 heavy (non-hydrogen) atoms. The van der Waals surface area contributed by atoms with E-state index in [1.54, 1.807) is 0 Å². The van der Waals surface area contributed by atoms with Crippen molar-refractivity contribution in [2.45, 2.75) is 51.5 Å². The Bertz CT molecular complexity index is 1140. The first-order valence-electron chi connectivity index (χ1n) is 10.4. The summed E-state index contributed by atoms with van der Waals surface area (Å²) < 4.78 is 29.7. The lowest BCUT2D eigenvalue weighted by Crippen LogP contribution is -2.52. The predicted octanol–water partition coefficient (Wildman–Crippen LogP) is 5.35. The Morgan fingerprint density at radius 2 is 1.57 bits per heavy atom. The molecule has 0 radical (unpaired) electrons. The second-order valence-corrected chi connectivity index (χ2v) is 10.2. The number of sulfonamides is 1. The van der Waals surface area contributed by atoms with Crippen molar-refractivity contribution < 1.29 is 8.42 Å². The van der Waals surface area contributed by atoms with Crippen LogP contribution < -0.4 is 9.62 Å². The van der Waals surface area contributed by atoms with Crippen molar-refractivity contribution in [3.63, 3.8) is 0 Å². The number of nitrogens with zero attached hydrogens (tertiary/aromatic N) is 1. The van der Waals surface area contributed by atoms with Crippen LogP contribution in [0.4, 0.5) is 5.69 Å². The summed E-state index contributed by atoms with van der Waals surface area (Å²) in [5.74, 6) is 0. The van der Waals surface area contributed by atoms with E-state index in [1.807, 2.05) is 72.0 Å². The average molecular weight is 425 g/mol. The fourth-order valence-corrected chi connectivity index (χ4v) is 6.26. The van der Waals surface area contributed by atoms with Crippen LogP contribution in [0, 0.1) is 20.8 Å². The van der Waals surface area contributed by atoms with Crippen molar-refractivity contribution in [2.75, 3.05) is 18.5 Å². The van der Waals surface area contributed by atoms with E-state index in [4.69, 9.17) is 0 Å². The first-order valence-corrected chi connectivity index (χ1v) is 11.9. The van der Waals surface area contributed by atoms with Crippen LogP contribution in [0.1, 0.15) is 37.0 Å². The highest BCUT2D eigenvalue weighted by Gasteiger charge is 2.32. The number of likely N-dealkylation sites (N-methyl/N-ethyl adjacent to an activating group) is 1. The zero-order valence-corrected chi connectivity index (χ0v) is 19.6. The van der Waals surface area contributed by atoms with Gasteiger partial charge >= 0.3 is 0 Å². The third kappa shape index (κ3) is 4.52. The van der Waals surface area contributed by atoms with Crippen molar-refractivity contribution in [3.05, 3.63) is 71.3 Å². The van der Waals surface area contributed by atoms with E-state index in [2.05, 4.69) is 33.9 Å². The standard InChI is InChI=1S/C25H32N2O2S/c1-7-25(5,26-30(28,29)24-19(3)15-18(2)16-20(24)4)17-27(6)23-14-10-12-21-11-8-9-13-22(21)23/h8-16,26H,7,17H2,1-6H3. The van der Waals surface area contributed by atoms with Gasteiger partial charge in [0.05, 0.1) is 4.90 Å². The van der Waals surface area contributed by atoms with Gasteiger partial charge in [-0.25, -0.2) is 13.1 Å². The topological polar surface area (TPSA) is 49.4 Å². The van der Waals surface area contributed by atoms with Crippen LogP contribution in [0.5, 0.6) is 0 Å². The lowest BCUT2D eigenvalue weighted by molar-refractivity contribution is 0.405. The Hall–Kier alpha value is -2.37. The van der Waals surface area contributed by atoms with Gasteiger partial charge in [0, 0.05) is 30.2 Å². The van der Waals surface area contributed by atoms with E-state index in [9.17, 15) is 8.42 Å². The molecule has 0 aromatic heterocycles. The molecule has 0 aliphatic rings. The Morgan fingerprint density at radius 1 is 0.967 bits per heavy atom. The Labute approximate surface area is 181 Å². The van der Waals surface area contributed by atoms with E-state index in [-0.39, 0.29) is 0 Å². The Morgan fingerprint density at radius 3 is 2.20 bits per heavy atom. The molecule has 3 aromatic carbocycles. The van der Waals surface area contributed by atoms with Crippen LogP contribution in [0.2, 0.25) is 0 Å². The summed E-state index contributed by atoms with van der Waals surface area (Å²) in [6.07, 6.45) is 0.672. The fraction of sp³-hybridized carbons (Fsp3) is 0.360. The van der Waals surface area contributed by atoms with Crippen LogP contribution in [0.25, 0.3) is 10.8 Å². The molecule has 0 aliphatic heterocycles. The number of rotatable bonds is 7. The Kier molecular flexibility index (Phi) is 6.25. The summed E-state index contributed by atoms with van der Waals surface area (Å²) in [6.45, 7) is 10.3. The van der Waals surface area contributed by atoms with Crippen molar-refractivity contribution in [1.82, 2.24) is 4.72 Å². The first kappa shape index (κ1) is 22.3. The summed E-state index contributed by atoms with van der Waals surface area (Å²) in [5, 5.41) is 2.33. The molecule has 0 heterocycles. The molecule has 0 fully saturated rings. The maximum Gasteiger partial charge on any atom is 0.241 e. The molecule has 0 aliphatic carbocycles. The summed E-state index contributed by atoms with van der Waals surface area (Å²) >= 11 is 0. The van der Waals surface area contributed by atoms with E-state index < -0.39 is 15.6 Å². The van der Waals surface area contributed by atoms with Gasteiger partial charge in [-0.3, -0.25) is 0 Å². The highest BCUT2D eigenvalue weighted by Crippen LogP contribution is 2.29. The lowest BCUT2D eigenvalue weighted by Gasteiger charge is -2.35. The third-order valence-corrected chi connectivity index (χ3v) is 7.74. The third-order valence-electron chi connectivity index (χ3n) is 5.80. The molecular weight excluding hydrogens is 392 g/mol. The van der Waals surface area contributed by atoms with E-state index >= 15 is 0 Å². The van der Waals surface area contributed by atoms with Gasteiger partial charge in [0.25, 0.3) is 0 Å². The van der Waals surface area contributed by atoms with Gasteiger partial charge in [-0.05, 0) is 56.7 Å². The van der Waals surface area contributed by atoms with Crippen LogP contribution in [0.15, 0.2) is 59.5 Å². The minimum absolute atomic E-state index is 0.389. The number of aryl methyl sites for hydroxylation is 3. The highest BCUT2D eigenvalue weighted by molar-refractivity contribution is 7.89. The van der Waals surface area contributed by atoms with Crippen molar-refractivity contribution in [2.24, 2.45) is 0 Å². The zero-order valence-electron chi connectivity index (χ0n) is 18.8. The summed E-state index contributed by atoms with van der Waals surface area (Å²) in [4.78, 5) is 2.53. The second-order valence-electron chi connectivity index (χ2n) is 8.60. The van der Waals surface area contributed by atoms with Gasteiger partial charge in [0.1, 0.15) is 0 Å². The van der Waals surface area contributed by atoms with E-state index in [0.717, 1.165) is 27.8 Å². The number of nitrogens with one attached hydrogen (secondary N) is 1. The molecule has 0 bridgehead atoms. The van der Waals surface area contributed by atoms with E-state index in [0.29, 0.717) is 17.9 Å². The van der Waals surface area contributed by atoms with Crippen LogP contribution >= 0.6 is 0 Å². The number of hydrogen-bond donors (Lipinski definition) is 1. The molecule has 0 saturated carbocycles. The minimum Gasteiger partial charge on any atom is -0.372 e. The number of anilines is 1. The molecule has 3 aromatic rings. The molecule has 4 nitrogen and oxygen atoms in total. The smallest absolute Gasteiger partial charge is 0.241 e. The molecule has 0 amide bonds. The van der Waals surface area contributed by atoms with Gasteiger partial charge in [0.2, 0.25) is 10.0 Å². The monoisotopic (exact) mass is 424 g/mol. The maximum atomic E-state index is 13.4. The molecule has 5 heteroatoms. The second kappa shape index (κ2) is 8.40. The van der Waals surface area contributed by atoms with Crippen molar-refractivity contribution in [3.8, 4) is 0 Å². The largest absolute Gasteiger partial charge is 0.372 e. The molecule has 1 unspecified atom stereocenters. The van der Waals surface area contributed by atoms with Gasteiger partial charge in [-0.2, -0.15) is 0 Å². The molecule has 160 valence electrons. The molecule has 1 atom stereocenters. The molecule has 3 rings (SSSR count). The van der Waals surface area contributed by atoms with Crippen LogP contribution in [-0.4, -0.2) is 27.5 Å². The van der Waals surface area contributed by atoms with Crippen molar-refractivity contribution >= 4 is 26.5 Å². The van der Waals surface area contributed by atoms with Gasteiger partial charge < -0.3 is 4.90 Å². The molecular formula is C25H32N2O2S. The minimum atomic E-state index is -3.66. The summed E-state index contributed by atoms with van der Waals surface area (Å²) in [6, 6.07) is 18.3. The highest BCUT2D eigenvalue weighted by atomic mass is 32.2. The van der Waals surface area contributed by atoms with Gasteiger partial charge in [-0.15, -0.1) is 0 Å². The SMILES string of the molecule is CCC(C)(CN(C)c1cccc2ccccc12)NS(=O)(=O)c1c(C)cc(C)cc1C. The summed E-state index contributed by atoms with van der Waals surface area (Å²) in [7, 11) is -1.63. The number of benzene rings is 3. The van der Waals surface area contributed by atoms with Crippen molar-refractivity contribution in [1.29, 1.82) is 0 Å². The fourth-order valence-electron chi connectivity index (χ4n) is 4.33. The van der Waals surface area contributed by atoms with Gasteiger partial charge in [-0.1, -0.05) is 61.0 Å². The maximum absolute atomic E-state index is 13.4. The quantitative estimate of drug-likeness (QED) is 0.556. The molecule has 1 N–H and O–H groups in total. The van der Waals surface area contributed by atoms with Gasteiger partial charge in [0.15, 0.2) is 0 Å². The van der Waals surface area contributed by atoms with Crippen LogP contribution in [-0.2, 0) is 10.0 Å². The van der Waals surface area contributed by atoms with Crippen LogP contribution in [0.3, 0.4) is 0 Å².